The summed E-state index contributed by atoms with van der Waals surface area (Å²) in [6, 6.07) is 9.78. The van der Waals surface area contributed by atoms with Gasteiger partial charge in [0.2, 0.25) is 0 Å². The Morgan fingerprint density at radius 1 is 1.25 bits per heavy atom. The number of ether oxygens (including phenoxy) is 1. The van der Waals surface area contributed by atoms with Crippen molar-refractivity contribution in [3.05, 3.63) is 30.3 Å². The fourth-order valence-corrected chi connectivity index (χ4v) is 0.753. The average molecular weight is 249 g/mol. The molecule has 0 heterocycles. The third-order valence-corrected chi connectivity index (χ3v) is 1.33. The molecule has 0 aliphatic rings. The lowest BCUT2D eigenvalue weighted by Crippen LogP contribution is -2.19. The predicted octanol–water partition coefficient (Wildman–Crippen LogP) is 0.980. The van der Waals surface area contributed by atoms with Crippen LogP contribution in [0.4, 0.5) is 0 Å². The van der Waals surface area contributed by atoms with Crippen LogP contribution in [0.5, 0.6) is 5.75 Å². The second kappa shape index (κ2) is 8.05. The summed E-state index contributed by atoms with van der Waals surface area (Å²) < 4.78 is 36.9. The highest BCUT2D eigenvalue weighted by atomic mass is 32.3. The summed E-state index contributed by atoms with van der Waals surface area (Å²) >= 11 is 0. The fraction of sp³-hybridized carbons (Fsp3) is 0.333. The van der Waals surface area contributed by atoms with E-state index in [0.717, 1.165) is 12.3 Å². The van der Waals surface area contributed by atoms with E-state index in [4.69, 9.17) is 22.3 Å². The minimum atomic E-state index is -4.67. The van der Waals surface area contributed by atoms with Crippen LogP contribution in [0.15, 0.2) is 30.3 Å². The molecule has 6 nitrogen and oxygen atoms in total. The Hall–Kier alpha value is -1.15. The van der Waals surface area contributed by atoms with Gasteiger partial charge in [-0.05, 0) is 18.7 Å². The van der Waals surface area contributed by atoms with Gasteiger partial charge >= 0.3 is 10.4 Å². The van der Waals surface area contributed by atoms with Gasteiger partial charge in [-0.15, -0.1) is 0 Å². The minimum absolute atomic E-state index is 0.584. The van der Waals surface area contributed by atoms with Gasteiger partial charge in [-0.1, -0.05) is 25.1 Å². The Morgan fingerprint density at radius 2 is 1.75 bits per heavy atom. The van der Waals surface area contributed by atoms with Crippen molar-refractivity contribution >= 4 is 10.4 Å². The van der Waals surface area contributed by atoms with Crippen LogP contribution < -0.4 is 10.1 Å². The van der Waals surface area contributed by atoms with Crippen LogP contribution in [-0.4, -0.2) is 30.8 Å². The maximum absolute atomic E-state index is 8.74. The maximum atomic E-state index is 8.74. The molecule has 0 aromatic heterocycles. The lowest BCUT2D eigenvalue weighted by Gasteiger charge is -2.04. The zero-order valence-corrected chi connectivity index (χ0v) is 9.64. The summed E-state index contributed by atoms with van der Waals surface area (Å²) in [5.41, 5.74) is 0. The third kappa shape index (κ3) is 12.8. The first-order valence-corrected chi connectivity index (χ1v) is 5.91. The van der Waals surface area contributed by atoms with Gasteiger partial charge in [0.15, 0.2) is 0 Å². The number of benzene rings is 1. The Bertz CT molecular complexity index is 357. The summed E-state index contributed by atoms with van der Waals surface area (Å²) in [6.07, 6.45) is 0. The van der Waals surface area contributed by atoms with E-state index in [1.807, 2.05) is 37.3 Å². The number of nitrogens with one attached hydrogen (secondary N) is 1. The van der Waals surface area contributed by atoms with Crippen LogP contribution in [0.1, 0.15) is 6.92 Å². The van der Waals surface area contributed by atoms with Gasteiger partial charge in [0.05, 0.1) is 0 Å². The standard InChI is InChI=1S/C9H13NO.H2O4S/c1-2-10-8-11-9-6-4-3-5-7-9;1-5(2,3)4/h3-7,10H,2,8H2,1H3;(H2,1,2,3,4). The van der Waals surface area contributed by atoms with E-state index in [0.29, 0.717) is 6.73 Å². The zero-order valence-electron chi connectivity index (χ0n) is 8.83. The highest BCUT2D eigenvalue weighted by molar-refractivity contribution is 7.79. The van der Waals surface area contributed by atoms with Crippen molar-refractivity contribution in [3.63, 3.8) is 0 Å². The van der Waals surface area contributed by atoms with Crippen LogP contribution in [0.2, 0.25) is 0 Å². The topological polar surface area (TPSA) is 95.9 Å². The first-order valence-electron chi connectivity index (χ1n) is 4.52. The van der Waals surface area contributed by atoms with Gasteiger partial charge in [0.1, 0.15) is 12.5 Å². The molecular formula is C9H15NO5S. The van der Waals surface area contributed by atoms with Gasteiger partial charge in [-0.3, -0.25) is 14.4 Å². The molecule has 0 amide bonds. The molecule has 1 aromatic carbocycles. The normalized spacial score (nSPS) is 10.2. The zero-order chi connectivity index (χ0) is 12.4. The van der Waals surface area contributed by atoms with Crippen LogP contribution >= 0.6 is 0 Å². The fourth-order valence-electron chi connectivity index (χ4n) is 0.753. The SMILES string of the molecule is CCNCOc1ccccc1.O=S(=O)(O)O. The molecule has 0 aliphatic heterocycles. The summed E-state index contributed by atoms with van der Waals surface area (Å²) in [4.78, 5) is 0. The van der Waals surface area contributed by atoms with Crippen molar-refractivity contribution in [2.45, 2.75) is 6.92 Å². The molecule has 0 radical (unpaired) electrons. The first-order chi connectivity index (χ1) is 7.43. The van der Waals surface area contributed by atoms with Crippen LogP contribution in [-0.2, 0) is 10.4 Å². The highest BCUT2D eigenvalue weighted by Crippen LogP contribution is 2.06. The van der Waals surface area contributed by atoms with Gasteiger partial charge < -0.3 is 4.74 Å². The molecule has 1 rings (SSSR count). The van der Waals surface area contributed by atoms with Gasteiger partial charge in [0.25, 0.3) is 0 Å². The lowest BCUT2D eigenvalue weighted by atomic mass is 10.3. The number of hydrogen-bond donors (Lipinski definition) is 3. The van der Waals surface area contributed by atoms with Crippen LogP contribution in [0.25, 0.3) is 0 Å². The van der Waals surface area contributed by atoms with Gasteiger partial charge in [-0.25, -0.2) is 0 Å². The van der Waals surface area contributed by atoms with Crippen molar-refractivity contribution in [1.29, 1.82) is 0 Å². The van der Waals surface area contributed by atoms with E-state index in [1.165, 1.54) is 0 Å². The molecule has 3 N–H and O–H groups in total. The smallest absolute Gasteiger partial charge is 0.394 e. The van der Waals surface area contributed by atoms with E-state index in [9.17, 15) is 0 Å². The number of hydrogen-bond acceptors (Lipinski definition) is 4. The van der Waals surface area contributed by atoms with E-state index in [2.05, 4.69) is 5.32 Å². The van der Waals surface area contributed by atoms with E-state index in [-0.39, 0.29) is 0 Å². The quantitative estimate of drug-likeness (QED) is 0.418. The van der Waals surface area contributed by atoms with Crippen LogP contribution in [0, 0.1) is 0 Å². The first kappa shape index (κ1) is 14.8. The molecule has 16 heavy (non-hydrogen) atoms. The second-order valence-electron chi connectivity index (χ2n) is 2.65. The number of rotatable bonds is 4. The van der Waals surface area contributed by atoms with Crippen molar-refractivity contribution < 1.29 is 22.3 Å². The molecule has 0 unspecified atom stereocenters. The summed E-state index contributed by atoms with van der Waals surface area (Å²) in [5, 5.41) is 3.07. The van der Waals surface area contributed by atoms with E-state index < -0.39 is 10.4 Å². The van der Waals surface area contributed by atoms with Crippen LogP contribution in [0.3, 0.4) is 0 Å². The summed E-state index contributed by atoms with van der Waals surface area (Å²) in [7, 11) is -4.67. The lowest BCUT2D eigenvalue weighted by molar-refractivity contribution is 0.287. The molecule has 92 valence electrons. The monoisotopic (exact) mass is 249 g/mol. The van der Waals surface area contributed by atoms with Gasteiger partial charge in [-0.2, -0.15) is 8.42 Å². The molecule has 0 aliphatic carbocycles. The van der Waals surface area contributed by atoms with Crippen molar-refractivity contribution in [3.8, 4) is 5.75 Å². The Labute approximate surface area is 94.8 Å². The van der Waals surface area contributed by atoms with Crippen molar-refractivity contribution in [2.24, 2.45) is 0 Å². The summed E-state index contributed by atoms with van der Waals surface area (Å²) in [6.45, 7) is 3.57. The molecule has 1 aromatic rings. The third-order valence-electron chi connectivity index (χ3n) is 1.33. The molecular weight excluding hydrogens is 234 g/mol. The summed E-state index contributed by atoms with van der Waals surface area (Å²) in [5.74, 6) is 0.911. The number of para-hydroxylation sites is 1. The predicted molar refractivity (Wildman–Crippen MR) is 59.8 cm³/mol. The Balaban J connectivity index is 0.000000385. The van der Waals surface area contributed by atoms with Crippen molar-refractivity contribution in [2.75, 3.05) is 13.3 Å². The molecule has 0 saturated carbocycles. The van der Waals surface area contributed by atoms with E-state index >= 15 is 0 Å². The van der Waals surface area contributed by atoms with Gasteiger partial charge in [0, 0.05) is 0 Å². The molecule has 0 saturated heterocycles. The molecule has 0 fully saturated rings. The second-order valence-corrected chi connectivity index (χ2v) is 3.55. The Morgan fingerprint density at radius 3 is 2.19 bits per heavy atom. The molecule has 0 bridgehead atoms. The minimum Gasteiger partial charge on any atom is -0.478 e. The Kier molecular flexibility index (Phi) is 7.48. The van der Waals surface area contributed by atoms with E-state index in [1.54, 1.807) is 0 Å². The molecule has 0 atom stereocenters. The largest absolute Gasteiger partial charge is 0.478 e. The van der Waals surface area contributed by atoms with Crippen molar-refractivity contribution in [1.82, 2.24) is 5.32 Å². The molecule has 7 heteroatoms. The highest BCUT2D eigenvalue weighted by Gasteiger charge is 1.87. The average Bonchev–Trinajstić information content (AvgIpc) is 2.17. The maximum Gasteiger partial charge on any atom is 0.394 e. The molecule has 0 spiro atoms.